The number of halogens is 1. The van der Waals surface area contributed by atoms with Gasteiger partial charge in [0.05, 0.1) is 32.9 Å². The normalized spacial score (nSPS) is 11.4. The van der Waals surface area contributed by atoms with E-state index in [0.717, 1.165) is 10.3 Å². The van der Waals surface area contributed by atoms with Crippen LogP contribution >= 0.6 is 22.9 Å². The van der Waals surface area contributed by atoms with Crippen LogP contribution in [0.3, 0.4) is 0 Å². The SMILES string of the molecule is COc1ccc(S(=O)(=O)Nc2cc(C)c3nc(NC(C)=O)sc3c2)cc1Cl. The minimum absolute atomic E-state index is 0.0225. The fourth-order valence-electron chi connectivity index (χ4n) is 2.49. The van der Waals surface area contributed by atoms with E-state index in [1.165, 1.54) is 43.6 Å². The number of hydrogen-bond acceptors (Lipinski definition) is 6. The van der Waals surface area contributed by atoms with Crippen LogP contribution in [0.2, 0.25) is 5.02 Å². The molecule has 0 bridgehead atoms. The van der Waals surface area contributed by atoms with Crippen LogP contribution in [0.25, 0.3) is 10.2 Å². The van der Waals surface area contributed by atoms with E-state index >= 15 is 0 Å². The molecule has 0 aliphatic heterocycles. The first-order valence-corrected chi connectivity index (χ1v) is 10.4. The van der Waals surface area contributed by atoms with E-state index in [1.807, 2.05) is 6.92 Å². The van der Waals surface area contributed by atoms with Gasteiger partial charge in [0.15, 0.2) is 5.13 Å². The summed E-state index contributed by atoms with van der Waals surface area (Å²) in [5, 5.41) is 3.30. The highest BCUT2D eigenvalue weighted by molar-refractivity contribution is 7.92. The van der Waals surface area contributed by atoms with E-state index in [9.17, 15) is 13.2 Å². The van der Waals surface area contributed by atoms with Crippen molar-refractivity contribution in [3.63, 3.8) is 0 Å². The topological polar surface area (TPSA) is 97.4 Å². The van der Waals surface area contributed by atoms with Crippen molar-refractivity contribution < 1.29 is 17.9 Å². The second-order valence-electron chi connectivity index (χ2n) is 5.74. The number of thiazole rings is 1. The van der Waals surface area contributed by atoms with Crippen LogP contribution in [-0.2, 0) is 14.8 Å². The Labute approximate surface area is 165 Å². The zero-order chi connectivity index (χ0) is 19.8. The van der Waals surface area contributed by atoms with Crippen molar-refractivity contribution in [3.8, 4) is 5.75 Å². The molecule has 0 spiro atoms. The van der Waals surface area contributed by atoms with Crippen LogP contribution in [0.5, 0.6) is 5.75 Å². The maximum atomic E-state index is 12.7. The van der Waals surface area contributed by atoms with E-state index in [4.69, 9.17) is 16.3 Å². The zero-order valence-corrected chi connectivity index (χ0v) is 17.1. The standard InChI is InChI=1S/C17H16ClN3O4S2/c1-9-6-11(7-15-16(9)20-17(26-15)19-10(2)22)21-27(23,24)12-4-5-14(25-3)13(18)8-12/h4-8,21H,1-3H3,(H,19,20,22). The van der Waals surface area contributed by atoms with Gasteiger partial charge in [0.1, 0.15) is 5.75 Å². The van der Waals surface area contributed by atoms with E-state index in [2.05, 4.69) is 15.0 Å². The van der Waals surface area contributed by atoms with Gasteiger partial charge in [-0.15, -0.1) is 0 Å². The first kappa shape index (κ1) is 19.4. The van der Waals surface area contributed by atoms with Crippen LogP contribution in [0.4, 0.5) is 10.8 Å². The van der Waals surface area contributed by atoms with Gasteiger partial charge in [0, 0.05) is 6.92 Å². The van der Waals surface area contributed by atoms with Gasteiger partial charge >= 0.3 is 0 Å². The number of fused-ring (bicyclic) bond motifs is 1. The van der Waals surface area contributed by atoms with Crippen molar-refractivity contribution in [2.45, 2.75) is 18.7 Å². The van der Waals surface area contributed by atoms with Crippen LogP contribution in [-0.4, -0.2) is 26.4 Å². The first-order valence-electron chi connectivity index (χ1n) is 7.75. The van der Waals surface area contributed by atoms with E-state index in [1.54, 1.807) is 12.1 Å². The number of aromatic nitrogens is 1. The maximum absolute atomic E-state index is 12.7. The van der Waals surface area contributed by atoms with Gasteiger partial charge in [0.25, 0.3) is 10.0 Å². The van der Waals surface area contributed by atoms with Gasteiger partial charge in [-0.1, -0.05) is 22.9 Å². The summed E-state index contributed by atoms with van der Waals surface area (Å²) in [5.41, 5.74) is 1.88. The molecule has 0 atom stereocenters. The van der Waals surface area contributed by atoms with Crippen molar-refractivity contribution in [3.05, 3.63) is 40.9 Å². The van der Waals surface area contributed by atoms with Crippen LogP contribution < -0.4 is 14.8 Å². The highest BCUT2D eigenvalue weighted by atomic mass is 35.5. The fourth-order valence-corrected chi connectivity index (χ4v) is 4.91. The van der Waals surface area contributed by atoms with Gasteiger partial charge < -0.3 is 10.1 Å². The molecule has 0 unspecified atom stereocenters. The molecule has 3 aromatic rings. The lowest BCUT2D eigenvalue weighted by Crippen LogP contribution is -2.13. The summed E-state index contributed by atoms with van der Waals surface area (Å²) in [4.78, 5) is 15.6. The number of ether oxygens (including phenoxy) is 1. The number of nitrogens with zero attached hydrogens (tertiary/aromatic N) is 1. The smallest absolute Gasteiger partial charge is 0.261 e. The lowest BCUT2D eigenvalue weighted by Gasteiger charge is -2.10. The number of aryl methyl sites for hydroxylation is 1. The Balaban J connectivity index is 1.95. The van der Waals surface area contributed by atoms with E-state index in [-0.39, 0.29) is 15.8 Å². The largest absolute Gasteiger partial charge is 0.495 e. The molecule has 7 nitrogen and oxygen atoms in total. The lowest BCUT2D eigenvalue weighted by molar-refractivity contribution is -0.114. The number of carbonyl (C=O) groups excluding carboxylic acids is 1. The predicted octanol–water partition coefficient (Wildman–Crippen LogP) is 4.03. The summed E-state index contributed by atoms with van der Waals surface area (Å²) in [6.07, 6.45) is 0. The van der Waals surface area contributed by atoms with Crippen molar-refractivity contribution in [2.24, 2.45) is 0 Å². The minimum Gasteiger partial charge on any atom is -0.495 e. The average Bonchev–Trinajstić information content (AvgIpc) is 2.96. The molecule has 0 radical (unpaired) electrons. The molecule has 0 saturated carbocycles. The van der Waals surface area contributed by atoms with Crippen molar-refractivity contribution in [2.75, 3.05) is 17.1 Å². The molecule has 0 aliphatic carbocycles. The molecule has 1 aromatic heterocycles. The average molecular weight is 426 g/mol. The van der Waals surface area contributed by atoms with Gasteiger partial charge in [-0.05, 0) is 42.8 Å². The number of rotatable bonds is 5. The molecule has 2 aromatic carbocycles. The molecule has 142 valence electrons. The summed E-state index contributed by atoms with van der Waals surface area (Å²) < 4.78 is 33.7. The third kappa shape index (κ3) is 4.15. The summed E-state index contributed by atoms with van der Waals surface area (Å²) in [5.74, 6) is 0.173. The molecule has 0 aliphatic rings. The van der Waals surface area contributed by atoms with Crippen LogP contribution in [0.1, 0.15) is 12.5 Å². The molecule has 1 amide bonds. The van der Waals surface area contributed by atoms with Crippen LogP contribution in [0, 0.1) is 6.92 Å². The quantitative estimate of drug-likeness (QED) is 0.643. The van der Waals surface area contributed by atoms with Gasteiger partial charge in [-0.3, -0.25) is 9.52 Å². The number of hydrogen-bond donors (Lipinski definition) is 2. The summed E-state index contributed by atoms with van der Waals surface area (Å²) >= 11 is 7.30. The fraction of sp³-hybridized carbons (Fsp3) is 0.176. The molecular formula is C17H16ClN3O4S2. The number of nitrogens with one attached hydrogen (secondary N) is 2. The molecule has 1 heterocycles. The number of benzene rings is 2. The Morgan fingerprint density at radius 2 is 2.00 bits per heavy atom. The van der Waals surface area contributed by atoms with E-state index < -0.39 is 10.0 Å². The summed E-state index contributed by atoms with van der Waals surface area (Å²) in [7, 11) is -2.38. The minimum atomic E-state index is -3.83. The predicted molar refractivity (Wildman–Crippen MR) is 107 cm³/mol. The Bertz CT molecular complexity index is 1140. The van der Waals surface area contributed by atoms with Gasteiger partial charge in [0.2, 0.25) is 5.91 Å². The molecule has 0 fully saturated rings. The van der Waals surface area contributed by atoms with Gasteiger partial charge in [-0.2, -0.15) is 0 Å². The molecule has 10 heteroatoms. The Kier molecular flexibility index (Phi) is 5.27. The number of carbonyl (C=O) groups is 1. The Hall–Kier alpha value is -2.36. The highest BCUT2D eigenvalue weighted by Crippen LogP contribution is 2.33. The molecule has 2 N–H and O–H groups in total. The van der Waals surface area contributed by atoms with Gasteiger partial charge in [-0.25, -0.2) is 13.4 Å². The zero-order valence-electron chi connectivity index (χ0n) is 14.7. The molecule has 3 rings (SSSR count). The maximum Gasteiger partial charge on any atom is 0.261 e. The summed E-state index contributed by atoms with van der Waals surface area (Å²) in [6, 6.07) is 7.60. The highest BCUT2D eigenvalue weighted by Gasteiger charge is 2.18. The van der Waals surface area contributed by atoms with E-state index in [0.29, 0.717) is 22.1 Å². The first-order chi connectivity index (χ1) is 12.7. The number of anilines is 2. The second kappa shape index (κ2) is 7.34. The Morgan fingerprint density at radius 1 is 1.26 bits per heavy atom. The molecule has 27 heavy (non-hydrogen) atoms. The van der Waals surface area contributed by atoms with Crippen molar-refractivity contribution >= 4 is 59.9 Å². The third-order valence-corrected chi connectivity index (χ3v) is 6.25. The monoisotopic (exact) mass is 425 g/mol. The Morgan fingerprint density at radius 3 is 2.63 bits per heavy atom. The molecular weight excluding hydrogens is 410 g/mol. The van der Waals surface area contributed by atoms with Crippen molar-refractivity contribution in [1.29, 1.82) is 0 Å². The number of sulfonamides is 1. The second-order valence-corrected chi connectivity index (χ2v) is 8.86. The summed E-state index contributed by atoms with van der Waals surface area (Å²) in [6.45, 7) is 3.22. The number of amides is 1. The third-order valence-electron chi connectivity index (χ3n) is 3.65. The number of methoxy groups -OCH3 is 1. The van der Waals surface area contributed by atoms with Crippen molar-refractivity contribution in [1.82, 2.24) is 4.98 Å². The molecule has 0 saturated heterocycles. The lowest BCUT2D eigenvalue weighted by atomic mass is 10.2. The van der Waals surface area contributed by atoms with Crippen LogP contribution in [0.15, 0.2) is 35.2 Å².